The van der Waals surface area contributed by atoms with E-state index in [0.717, 1.165) is 59.1 Å². The molecule has 0 amide bonds. The molecule has 194 valence electrons. The molecule has 1 saturated heterocycles. The van der Waals surface area contributed by atoms with E-state index in [2.05, 4.69) is 39.9 Å². The van der Waals surface area contributed by atoms with E-state index >= 15 is 0 Å². The van der Waals surface area contributed by atoms with Crippen LogP contribution in [0, 0.1) is 19.8 Å². The summed E-state index contributed by atoms with van der Waals surface area (Å²) in [6.07, 6.45) is 3.30. The van der Waals surface area contributed by atoms with Crippen LogP contribution in [0.15, 0.2) is 54.7 Å². The van der Waals surface area contributed by atoms with Gasteiger partial charge >= 0.3 is 5.97 Å². The predicted molar refractivity (Wildman–Crippen MR) is 142 cm³/mol. The maximum atomic E-state index is 11.1. The van der Waals surface area contributed by atoms with E-state index < -0.39 is 5.97 Å². The third-order valence-corrected chi connectivity index (χ3v) is 7.02. The number of carboxylic acid groups (broad SMARTS) is 1. The highest BCUT2D eigenvalue weighted by Crippen LogP contribution is 2.32. The van der Waals surface area contributed by atoms with Crippen molar-refractivity contribution in [2.75, 3.05) is 31.3 Å². The molecule has 9 heteroatoms. The zero-order chi connectivity index (χ0) is 25.9. The van der Waals surface area contributed by atoms with Crippen molar-refractivity contribution in [3.63, 3.8) is 0 Å². The number of piperidine rings is 1. The minimum atomic E-state index is -0.681. The van der Waals surface area contributed by atoms with Crippen LogP contribution < -0.4 is 15.3 Å². The van der Waals surface area contributed by atoms with Crippen LogP contribution in [0.4, 0.5) is 5.69 Å². The molecule has 5 rings (SSSR count). The van der Waals surface area contributed by atoms with Crippen LogP contribution >= 0.6 is 0 Å². The van der Waals surface area contributed by atoms with Crippen LogP contribution in [0.1, 0.15) is 29.7 Å². The lowest BCUT2D eigenvalue weighted by Gasteiger charge is -2.30. The van der Waals surface area contributed by atoms with E-state index in [-0.39, 0.29) is 5.92 Å². The summed E-state index contributed by atoms with van der Waals surface area (Å²) in [5.74, 6) is 0.625. The van der Waals surface area contributed by atoms with Crippen LogP contribution in [-0.4, -0.2) is 52.0 Å². The van der Waals surface area contributed by atoms with E-state index in [4.69, 9.17) is 9.57 Å². The van der Waals surface area contributed by atoms with Gasteiger partial charge in [-0.25, -0.2) is 5.01 Å². The number of carboxylic acids is 1. The third-order valence-electron chi connectivity index (χ3n) is 7.02. The highest BCUT2D eigenvalue weighted by Gasteiger charge is 2.25. The number of rotatable bonds is 8. The van der Waals surface area contributed by atoms with Gasteiger partial charge in [-0.3, -0.25) is 14.4 Å². The Morgan fingerprint density at radius 1 is 1.14 bits per heavy atom. The van der Waals surface area contributed by atoms with E-state index in [9.17, 15) is 9.90 Å². The maximum absolute atomic E-state index is 11.1. The van der Waals surface area contributed by atoms with Crippen molar-refractivity contribution in [3.8, 4) is 17.0 Å². The highest BCUT2D eigenvalue weighted by molar-refractivity contribution is 5.70. The van der Waals surface area contributed by atoms with Crippen molar-refractivity contribution in [2.24, 2.45) is 13.0 Å². The molecule has 3 aromatic rings. The number of anilines is 1. The normalized spacial score (nSPS) is 16.5. The Morgan fingerprint density at radius 3 is 2.51 bits per heavy atom. The van der Waals surface area contributed by atoms with Gasteiger partial charge in [0.15, 0.2) is 5.76 Å². The molecular formula is C28H33N5O4. The first-order valence-electron chi connectivity index (χ1n) is 12.6. The van der Waals surface area contributed by atoms with Crippen LogP contribution in [0.5, 0.6) is 5.75 Å². The summed E-state index contributed by atoms with van der Waals surface area (Å²) >= 11 is 0. The number of hydrogen-bond donors (Lipinski definition) is 2. The van der Waals surface area contributed by atoms with E-state index in [0.29, 0.717) is 25.2 Å². The van der Waals surface area contributed by atoms with Gasteiger partial charge in [-0.15, -0.1) is 0 Å². The average Bonchev–Trinajstić information content (AvgIpc) is 3.53. The lowest BCUT2D eigenvalue weighted by atomic mass is 9.97. The molecule has 3 heterocycles. The molecule has 9 nitrogen and oxygen atoms in total. The molecule has 0 atom stereocenters. The number of benzene rings is 2. The fourth-order valence-corrected chi connectivity index (χ4v) is 4.96. The summed E-state index contributed by atoms with van der Waals surface area (Å²) in [5, 5.41) is 15.6. The van der Waals surface area contributed by atoms with E-state index in [1.54, 1.807) is 0 Å². The molecule has 0 radical (unpaired) electrons. The summed E-state index contributed by atoms with van der Waals surface area (Å²) in [6.45, 7) is 7.03. The Balaban J connectivity index is 1.22. The molecule has 2 aromatic carbocycles. The van der Waals surface area contributed by atoms with E-state index in [1.807, 2.05) is 61.1 Å². The number of likely N-dealkylation sites (tertiary alicyclic amines) is 1. The topological polar surface area (TPSA) is 92.1 Å². The van der Waals surface area contributed by atoms with Crippen molar-refractivity contribution in [1.29, 1.82) is 0 Å². The van der Waals surface area contributed by atoms with Gasteiger partial charge in [0, 0.05) is 13.6 Å². The molecule has 2 aliphatic heterocycles. The van der Waals surface area contributed by atoms with Crippen LogP contribution in [0.3, 0.4) is 0 Å². The SMILES string of the molecule is Cc1cc(N2C=C(c3cc(-c4ccccc4)n(C)n3)ON2)cc(C)c1OCCN1CCC(C(=O)O)CC1. The fraction of sp³-hybridized carbons (Fsp3) is 0.357. The van der Waals surface area contributed by atoms with Gasteiger partial charge in [0.2, 0.25) is 0 Å². The maximum Gasteiger partial charge on any atom is 0.306 e. The summed E-state index contributed by atoms with van der Waals surface area (Å²) in [5.41, 5.74) is 8.83. The summed E-state index contributed by atoms with van der Waals surface area (Å²) < 4.78 is 8.01. The number of nitrogens with zero attached hydrogens (tertiary/aromatic N) is 4. The van der Waals surface area contributed by atoms with Gasteiger partial charge in [-0.1, -0.05) is 35.9 Å². The molecule has 0 aliphatic carbocycles. The summed E-state index contributed by atoms with van der Waals surface area (Å²) in [6, 6.07) is 16.3. The van der Waals surface area contributed by atoms with E-state index in [1.165, 1.54) is 0 Å². The number of ether oxygens (including phenoxy) is 1. The monoisotopic (exact) mass is 503 g/mol. The van der Waals surface area contributed by atoms with Crippen LogP contribution in [0.25, 0.3) is 17.0 Å². The molecule has 0 bridgehead atoms. The highest BCUT2D eigenvalue weighted by atomic mass is 16.7. The van der Waals surface area contributed by atoms with Crippen molar-refractivity contribution in [3.05, 3.63) is 71.6 Å². The first-order chi connectivity index (χ1) is 17.9. The zero-order valence-corrected chi connectivity index (χ0v) is 21.5. The van der Waals surface area contributed by atoms with Crippen molar-refractivity contribution >= 4 is 17.4 Å². The third kappa shape index (κ3) is 5.47. The second kappa shape index (κ2) is 10.7. The molecule has 0 unspecified atom stereocenters. The fourth-order valence-electron chi connectivity index (χ4n) is 4.96. The zero-order valence-electron chi connectivity index (χ0n) is 21.5. The first kappa shape index (κ1) is 24.9. The smallest absolute Gasteiger partial charge is 0.306 e. The Bertz CT molecular complexity index is 1270. The number of nitrogens with one attached hydrogen (secondary N) is 1. The van der Waals surface area contributed by atoms with Gasteiger partial charge in [0.1, 0.15) is 18.1 Å². The van der Waals surface area contributed by atoms with Crippen molar-refractivity contribution in [2.45, 2.75) is 26.7 Å². The number of carbonyl (C=O) groups is 1. The number of aliphatic carboxylic acids is 1. The lowest BCUT2D eigenvalue weighted by molar-refractivity contribution is -0.143. The molecule has 1 aromatic heterocycles. The molecule has 2 aliphatic rings. The molecule has 2 N–H and O–H groups in total. The number of aryl methyl sites for hydroxylation is 3. The van der Waals surface area contributed by atoms with Crippen molar-refractivity contribution in [1.82, 2.24) is 20.3 Å². The summed E-state index contributed by atoms with van der Waals surface area (Å²) in [7, 11) is 1.93. The Morgan fingerprint density at radius 2 is 1.84 bits per heavy atom. The Hall–Kier alpha value is -3.82. The van der Waals surface area contributed by atoms with Crippen LogP contribution in [0.2, 0.25) is 0 Å². The molecule has 0 saturated carbocycles. The predicted octanol–water partition coefficient (Wildman–Crippen LogP) is 4.13. The standard InChI is InChI=1S/C28H33N5O4/c1-19-15-23(16-20(2)27(19)36-14-13-32-11-9-22(10-12-32)28(34)35)33-18-26(37-30-33)24-17-25(31(3)29-24)21-7-5-4-6-8-21/h4-8,15-18,22,30H,9-14H2,1-3H3,(H,34,35). The minimum absolute atomic E-state index is 0.212. The Labute approximate surface area is 216 Å². The van der Waals surface area contributed by atoms with Gasteiger partial charge in [-0.2, -0.15) is 5.10 Å². The molecule has 0 spiro atoms. The minimum Gasteiger partial charge on any atom is -0.492 e. The Kier molecular flexibility index (Phi) is 7.16. The number of hydrogen-bond acceptors (Lipinski definition) is 7. The second-order valence-corrected chi connectivity index (χ2v) is 9.67. The number of hydrazine groups is 1. The van der Waals surface area contributed by atoms with Gasteiger partial charge in [0.05, 0.1) is 23.5 Å². The molecule has 37 heavy (non-hydrogen) atoms. The van der Waals surface area contributed by atoms with Crippen LogP contribution in [-0.2, 0) is 16.7 Å². The quantitative estimate of drug-likeness (QED) is 0.474. The van der Waals surface area contributed by atoms with Gasteiger partial charge in [0.25, 0.3) is 0 Å². The number of aromatic nitrogens is 2. The van der Waals surface area contributed by atoms with Crippen molar-refractivity contribution < 1.29 is 19.5 Å². The summed E-state index contributed by atoms with van der Waals surface area (Å²) in [4.78, 5) is 19.2. The second-order valence-electron chi connectivity index (χ2n) is 9.67. The molecule has 1 fully saturated rings. The first-order valence-corrected chi connectivity index (χ1v) is 12.6. The largest absolute Gasteiger partial charge is 0.492 e. The van der Waals surface area contributed by atoms with Gasteiger partial charge in [-0.05, 0) is 74.7 Å². The van der Waals surface area contributed by atoms with Gasteiger partial charge < -0.3 is 14.7 Å². The lowest BCUT2D eigenvalue weighted by Crippen LogP contribution is -2.38. The molecular weight excluding hydrogens is 470 g/mol. The average molecular weight is 504 g/mol.